The van der Waals surface area contributed by atoms with Crippen molar-refractivity contribution < 1.29 is 9.84 Å². The fourth-order valence-electron chi connectivity index (χ4n) is 1.59. The fraction of sp³-hybridized carbons (Fsp3) is 0.385. The Morgan fingerprint density at radius 2 is 2.33 bits per heavy atom. The molecule has 2 heteroatoms. The third-order valence-corrected chi connectivity index (χ3v) is 2.42. The van der Waals surface area contributed by atoms with Crippen molar-refractivity contribution in [2.24, 2.45) is 5.92 Å². The first-order valence-electron chi connectivity index (χ1n) is 5.14. The molecule has 0 aromatic heterocycles. The molecule has 15 heavy (non-hydrogen) atoms. The number of aliphatic hydroxyl groups excluding tert-OH is 1. The van der Waals surface area contributed by atoms with Crippen molar-refractivity contribution >= 4 is 0 Å². The van der Waals surface area contributed by atoms with Crippen LogP contribution in [0.1, 0.15) is 12.0 Å². The van der Waals surface area contributed by atoms with Gasteiger partial charge in [-0.1, -0.05) is 18.2 Å². The number of hydrogen-bond donors (Lipinski definition) is 1. The summed E-state index contributed by atoms with van der Waals surface area (Å²) in [5.41, 5.74) is 1.19. The summed E-state index contributed by atoms with van der Waals surface area (Å²) in [6.07, 6.45) is 3.55. The third-order valence-electron chi connectivity index (χ3n) is 2.42. The second kappa shape index (κ2) is 6.25. The lowest BCUT2D eigenvalue weighted by molar-refractivity contribution is 0.227. The van der Waals surface area contributed by atoms with Crippen LogP contribution in [-0.4, -0.2) is 18.8 Å². The molecule has 0 aliphatic carbocycles. The SMILES string of the molecule is C=CC[C@H](CO)Cc1cccc(OC)c1. The van der Waals surface area contributed by atoms with Gasteiger partial charge in [0.15, 0.2) is 0 Å². The molecular formula is C13H18O2. The molecule has 1 atom stereocenters. The summed E-state index contributed by atoms with van der Waals surface area (Å²) in [4.78, 5) is 0. The summed E-state index contributed by atoms with van der Waals surface area (Å²) >= 11 is 0. The topological polar surface area (TPSA) is 29.5 Å². The van der Waals surface area contributed by atoms with Gasteiger partial charge in [0.05, 0.1) is 7.11 Å². The highest BCUT2D eigenvalue weighted by Crippen LogP contribution is 2.17. The largest absolute Gasteiger partial charge is 0.497 e. The van der Waals surface area contributed by atoms with Gasteiger partial charge >= 0.3 is 0 Å². The van der Waals surface area contributed by atoms with E-state index in [1.165, 1.54) is 5.56 Å². The molecule has 0 unspecified atom stereocenters. The number of aliphatic hydroxyl groups is 1. The van der Waals surface area contributed by atoms with Gasteiger partial charge in [0.2, 0.25) is 0 Å². The van der Waals surface area contributed by atoms with Crippen molar-refractivity contribution in [1.29, 1.82) is 0 Å². The first-order chi connectivity index (χ1) is 7.30. The van der Waals surface area contributed by atoms with E-state index in [0.29, 0.717) is 0 Å². The van der Waals surface area contributed by atoms with E-state index in [1.807, 2.05) is 30.3 Å². The van der Waals surface area contributed by atoms with Crippen LogP contribution in [0.3, 0.4) is 0 Å². The molecular weight excluding hydrogens is 188 g/mol. The Morgan fingerprint density at radius 3 is 2.93 bits per heavy atom. The van der Waals surface area contributed by atoms with E-state index in [9.17, 15) is 0 Å². The fourth-order valence-corrected chi connectivity index (χ4v) is 1.59. The van der Waals surface area contributed by atoms with Crippen molar-refractivity contribution in [3.63, 3.8) is 0 Å². The van der Waals surface area contributed by atoms with Gasteiger partial charge in [0.25, 0.3) is 0 Å². The van der Waals surface area contributed by atoms with Crippen LogP contribution in [0.2, 0.25) is 0 Å². The van der Waals surface area contributed by atoms with Gasteiger partial charge in [-0.25, -0.2) is 0 Å². The Hall–Kier alpha value is -1.28. The molecule has 0 aliphatic heterocycles. The molecule has 0 saturated carbocycles. The monoisotopic (exact) mass is 206 g/mol. The molecule has 0 saturated heterocycles. The molecule has 1 aromatic rings. The minimum atomic E-state index is 0.198. The Balaban J connectivity index is 2.65. The Morgan fingerprint density at radius 1 is 1.53 bits per heavy atom. The predicted molar refractivity (Wildman–Crippen MR) is 62.1 cm³/mol. The van der Waals surface area contributed by atoms with Gasteiger partial charge in [0.1, 0.15) is 5.75 Å². The van der Waals surface area contributed by atoms with Crippen LogP contribution >= 0.6 is 0 Å². The number of allylic oxidation sites excluding steroid dienone is 1. The van der Waals surface area contributed by atoms with Crippen LogP contribution in [0.25, 0.3) is 0 Å². The van der Waals surface area contributed by atoms with Gasteiger partial charge < -0.3 is 9.84 Å². The average molecular weight is 206 g/mol. The van der Waals surface area contributed by atoms with Gasteiger partial charge in [-0.2, -0.15) is 0 Å². The van der Waals surface area contributed by atoms with E-state index < -0.39 is 0 Å². The van der Waals surface area contributed by atoms with E-state index >= 15 is 0 Å². The predicted octanol–water partition coefficient (Wildman–Crippen LogP) is 2.42. The lowest BCUT2D eigenvalue weighted by Crippen LogP contribution is -2.08. The maximum atomic E-state index is 9.17. The first-order valence-corrected chi connectivity index (χ1v) is 5.14. The summed E-state index contributed by atoms with van der Waals surface area (Å²) in [5.74, 6) is 1.12. The second-order valence-electron chi connectivity index (χ2n) is 3.63. The molecule has 2 nitrogen and oxygen atoms in total. The van der Waals surface area contributed by atoms with Gasteiger partial charge in [-0.05, 0) is 36.5 Å². The van der Waals surface area contributed by atoms with Crippen LogP contribution in [0, 0.1) is 5.92 Å². The smallest absolute Gasteiger partial charge is 0.119 e. The van der Waals surface area contributed by atoms with Crippen molar-refractivity contribution in [2.45, 2.75) is 12.8 Å². The number of ether oxygens (including phenoxy) is 1. The maximum absolute atomic E-state index is 9.17. The van der Waals surface area contributed by atoms with Gasteiger partial charge in [-0.15, -0.1) is 6.58 Å². The van der Waals surface area contributed by atoms with Gasteiger partial charge in [0, 0.05) is 6.61 Å². The summed E-state index contributed by atoms with van der Waals surface area (Å²) in [5, 5.41) is 9.17. The number of methoxy groups -OCH3 is 1. The molecule has 0 radical (unpaired) electrons. The molecule has 0 amide bonds. The van der Waals surface area contributed by atoms with Gasteiger partial charge in [-0.3, -0.25) is 0 Å². The van der Waals surface area contributed by atoms with Crippen LogP contribution in [0.5, 0.6) is 5.75 Å². The van der Waals surface area contributed by atoms with Crippen LogP contribution in [0.4, 0.5) is 0 Å². The minimum absolute atomic E-state index is 0.198. The summed E-state index contributed by atoms with van der Waals surface area (Å²) < 4.78 is 5.15. The average Bonchev–Trinajstić information content (AvgIpc) is 2.29. The number of rotatable bonds is 6. The molecule has 0 aliphatic rings. The van der Waals surface area contributed by atoms with Crippen LogP contribution in [-0.2, 0) is 6.42 Å². The third kappa shape index (κ3) is 3.76. The van der Waals surface area contributed by atoms with E-state index in [-0.39, 0.29) is 12.5 Å². The Kier molecular flexibility index (Phi) is 4.91. The van der Waals surface area contributed by atoms with Crippen molar-refractivity contribution in [3.05, 3.63) is 42.5 Å². The molecule has 1 rings (SSSR count). The molecule has 0 bridgehead atoms. The van der Waals surface area contributed by atoms with E-state index in [0.717, 1.165) is 18.6 Å². The van der Waals surface area contributed by atoms with E-state index in [2.05, 4.69) is 6.58 Å². The van der Waals surface area contributed by atoms with Crippen LogP contribution < -0.4 is 4.74 Å². The standard InChI is InChI=1S/C13H18O2/c1-3-5-12(10-14)8-11-6-4-7-13(9-11)15-2/h3-4,6-7,9,12,14H,1,5,8,10H2,2H3/t12-/m0/s1. The minimum Gasteiger partial charge on any atom is -0.497 e. The molecule has 0 heterocycles. The zero-order valence-corrected chi connectivity index (χ0v) is 9.15. The second-order valence-corrected chi connectivity index (χ2v) is 3.63. The van der Waals surface area contributed by atoms with Crippen LogP contribution in [0.15, 0.2) is 36.9 Å². The Bertz CT molecular complexity index is 307. The van der Waals surface area contributed by atoms with Crippen molar-refractivity contribution in [2.75, 3.05) is 13.7 Å². The number of benzene rings is 1. The maximum Gasteiger partial charge on any atom is 0.119 e. The first kappa shape index (κ1) is 11.8. The zero-order chi connectivity index (χ0) is 11.1. The highest BCUT2D eigenvalue weighted by Gasteiger charge is 2.07. The quantitative estimate of drug-likeness (QED) is 0.724. The van der Waals surface area contributed by atoms with Crippen molar-refractivity contribution in [1.82, 2.24) is 0 Å². The molecule has 0 spiro atoms. The normalized spacial score (nSPS) is 12.1. The number of hydrogen-bond acceptors (Lipinski definition) is 2. The molecule has 0 fully saturated rings. The Labute approximate surface area is 91.2 Å². The molecule has 1 aromatic carbocycles. The lowest BCUT2D eigenvalue weighted by atomic mass is 9.97. The summed E-state index contributed by atoms with van der Waals surface area (Å²) in [6.45, 7) is 3.89. The highest BCUT2D eigenvalue weighted by molar-refractivity contribution is 5.28. The molecule has 1 N–H and O–H groups in total. The van der Waals surface area contributed by atoms with E-state index in [1.54, 1.807) is 7.11 Å². The zero-order valence-electron chi connectivity index (χ0n) is 9.15. The lowest BCUT2D eigenvalue weighted by Gasteiger charge is -2.12. The highest BCUT2D eigenvalue weighted by atomic mass is 16.5. The summed E-state index contributed by atoms with van der Waals surface area (Å²) in [6, 6.07) is 7.95. The van der Waals surface area contributed by atoms with Crippen molar-refractivity contribution in [3.8, 4) is 5.75 Å². The summed E-state index contributed by atoms with van der Waals surface area (Å²) in [7, 11) is 1.66. The molecule has 82 valence electrons. The van der Waals surface area contributed by atoms with E-state index in [4.69, 9.17) is 9.84 Å².